The molecule has 1 unspecified atom stereocenters. The van der Waals surface area contributed by atoms with Crippen molar-refractivity contribution in [1.82, 2.24) is 4.98 Å². The topological polar surface area (TPSA) is 57.4 Å². The number of hydrogen-bond donors (Lipinski definition) is 1. The average Bonchev–Trinajstić information content (AvgIpc) is 2.46. The van der Waals surface area contributed by atoms with Crippen molar-refractivity contribution in [2.75, 3.05) is 14.2 Å². The molecule has 19 heavy (non-hydrogen) atoms. The Hall–Kier alpha value is -1.78. The first-order valence-corrected chi connectivity index (χ1v) is 6.11. The Morgan fingerprint density at radius 3 is 2.63 bits per heavy atom. The van der Waals surface area contributed by atoms with Gasteiger partial charge < -0.3 is 15.2 Å². The summed E-state index contributed by atoms with van der Waals surface area (Å²) in [5.41, 5.74) is 7.89. The number of pyridine rings is 1. The summed E-state index contributed by atoms with van der Waals surface area (Å²) in [5, 5.41) is 0.613. The van der Waals surface area contributed by atoms with Gasteiger partial charge in [0.25, 0.3) is 0 Å². The number of aromatic nitrogens is 1. The van der Waals surface area contributed by atoms with Crippen molar-refractivity contribution in [3.63, 3.8) is 0 Å². The molecule has 2 N–H and O–H groups in total. The van der Waals surface area contributed by atoms with E-state index in [0.717, 1.165) is 11.1 Å². The van der Waals surface area contributed by atoms with E-state index in [1.165, 1.54) is 0 Å². The van der Waals surface area contributed by atoms with Gasteiger partial charge in [-0.1, -0.05) is 11.6 Å². The second-order valence-corrected chi connectivity index (χ2v) is 4.46. The highest BCUT2D eigenvalue weighted by molar-refractivity contribution is 6.30. The third kappa shape index (κ3) is 2.97. The van der Waals surface area contributed by atoms with Gasteiger partial charge in [-0.25, -0.2) is 0 Å². The number of halogens is 1. The van der Waals surface area contributed by atoms with E-state index in [4.69, 9.17) is 26.8 Å². The molecule has 4 nitrogen and oxygen atoms in total. The van der Waals surface area contributed by atoms with Crippen LogP contribution in [0.1, 0.15) is 17.2 Å². The van der Waals surface area contributed by atoms with Gasteiger partial charge in [-0.05, 0) is 29.8 Å². The Bertz CT molecular complexity index is 575. The Balaban J connectivity index is 2.42. The maximum Gasteiger partial charge on any atom is 0.137 e. The maximum absolute atomic E-state index is 6.25. The highest BCUT2D eigenvalue weighted by Gasteiger charge is 2.15. The lowest BCUT2D eigenvalue weighted by Crippen LogP contribution is -2.13. The van der Waals surface area contributed by atoms with Crippen molar-refractivity contribution in [2.45, 2.75) is 6.04 Å². The highest BCUT2D eigenvalue weighted by atomic mass is 35.5. The monoisotopic (exact) mass is 278 g/mol. The first-order valence-electron chi connectivity index (χ1n) is 5.73. The standard InChI is InChI=1S/C14H15ClN2O2/c1-18-11-5-9(7-17-8-11)14(16)12-6-10(15)3-4-13(12)19-2/h3-8,14H,16H2,1-2H3. The molecule has 100 valence electrons. The van der Waals surface area contributed by atoms with Crippen LogP contribution in [0.4, 0.5) is 0 Å². The predicted octanol–water partition coefficient (Wildman–Crippen LogP) is 2.80. The normalized spacial score (nSPS) is 12.0. The third-order valence-corrected chi connectivity index (χ3v) is 3.09. The molecule has 0 fully saturated rings. The van der Waals surface area contributed by atoms with E-state index in [1.54, 1.807) is 44.8 Å². The van der Waals surface area contributed by atoms with Gasteiger partial charge in [0.1, 0.15) is 11.5 Å². The van der Waals surface area contributed by atoms with Crippen LogP contribution in [-0.4, -0.2) is 19.2 Å². The second-order valence-electron chi connectivity index (χ2n) is 4.02. The average molecular weight is 279 g/mol. The Morgan fingerprint density at radius 2 is 1.95 bits per heavy atom. The number of hydrogen-bond acceptors (Lipinski definition) is 4. The molecular weight excluding hydrogens is 264 g/mol. The van der Waals surface area contributed by atoms with E-state index < -0.39 is 0 Å². The summed E-state index contributed by atoms with van der Waals surface area (Å²) in [6.45, 7) is 0. The molecule has 0 saturated heterocycles. The zero-order chi connectivity index (χ0) is 13.8. The minimum Gasteiger partial charge on any atom is -0.496 e. The van der Waals surface area contributed by atoms with Crippen LogP contribution >= 0.6 is 11.6 Å². The fraction of sp³-hybridized carbons (Fsp3) is 0.214. The van der Waals surface area contributed by atoms with Crippen molar-refractivity contribution in [3.05, 3.63) is 52.8 Å². The lowest BCUT2D eigenvalue weighted by atomic mass is 10.00. The lowest BCUT2D eigenvalue weighted by molar-refractivity contribution is 0.406. The second kappa shape index (κ2) is 5.91. The van der Waals surface area contributed by atoms with Crippen LogP contribution in [0.5, 0.6) is 11.5 Å². The van der Waals surface area contributed by atoms with Crippen LogP contribution in [0, 0.1) is 0 Å². The van der Waals surface area contributed by atoms with Crippen molar-refractivity contribution in [2.24, 2.45) is 5.73 Å². The van der Waals surface area contributed by atoms with Crippen LogP contribution < -0.4 is 15.2 Å². The van der Waals surface area contributed by atoms with Crippen LogP contribution in [0.15, 0.2) is 36.7 Å². The summed E-state index contributed by atoms with van der Waals surface area (Å²) in [7, 11) is 3.19. The molecule has 0 radical (unpaired) electrons. The van der Waals surface area contributed by atoms with Gasteiger partial charge in [0.05, 0.1) is 26.5 Å². The smallest absolute Gasteiger partial charge is 0.137 e. The molecule has 1 atom stereocenters. The molecule has 0 spiro atoms. The third-order valence-electron chi connectivity index (χ3n) is 2.86. The summed E-state index contributed by atoms with van der Waals surface area (Å²) in [6.07, 6.45) is 3.33. The highest BCUT2D eigenvalue weighted by Crippen LogP contribution is 2.31. The Kier molecular flexibility index (Phi) is 4.24. The summed E-state index contributed by atoms with van der Waals surface area (Å²) in [6, 6.07) is 6.82. The molecule has 2 rings (SSSR count). The largest absolute Gasteiger partial charge is 0.496 e. The fourth-order valence-electron chi connectivity index (χ4n) is 1.85. The molecule has 5 heteroatoms. The van der Waals surface area contributed by atoms with Crippen LogP contribution in [0.25, 0.3) is 0 Å². The molecular formula is C14H15ClN2O2. The van der Waals surface area contributed by atoms with Gasteiger partial charge in [-0.3, -0.25) is 4.98 Å². The van der Waals surface area contributed by atoms with Gasteiger partial charge in [0.2, 0.25) is 0 Å². The number of benzene rings is 1. The quantitative estimate of drug-likeness (QED) is 0.934. The molecule has 1 aromatic carbocycles. The SMILES string of the molecule is COc1cncc(C(N)c2cc(Cl)ccc2OC)c1. The first-order chi connectivity index (χ1) is 9.15. The van der Waals surface area contributed by atoms with E-state index in [9.17, 15) is 0 Å². The van der Waals surface area contributed by atoms with Crippen LogP contribution in [0.2, 0.25) is 5.02 Å². The van der Waals surface area contributed by atoms with E-state index in [0.29, 0.717) is 16.5 Å². The number of rotatable bonds is 4. The van der Waals surface area contributed by atoms with Crippen molar-refractivity contribution in [3.8, 4) is 11.5 Å². The Labute approximate surface area is 117 Å². The molecule has 1 heterocycles. The predicted molar refractivity (Wildman–Crippen MR) is 74.8 cm³/mol. The number of methoxy groups -OCH3 is 2. The lowest BCUT2D eigenvalue weighted by Gasteiger charge is -2.16. The van der Waals surface area contributed by atoms with E-state index in [1.807, 2.05) is 6.07 Å². The van der Waals surface area contributed by atoms with Crippen molar-refractivity contribution >= 4 is 11.6 Å². The van der Waals surface area contributed by atoms with Gasteiger partial charge in [0, 0.05) is 16.8 Å². The first kappa shape index (κ1) is 13.6. The fourth-order valence-corrected chi connectivity index (χ4v) is 2.03. The van der Waals surface area contributed by atoms with E-state index in [2.05, 4.69) is 4.98 Å². The summed E-state index contributed by atoms with van der Waals surface area (Å²) < 4.78 is 10.5. The molecule has 2 aromatic rings. The molecule has 0 amide bonds. The van der Waals surface area contributed by atoms with Crippen molar-refractivity contribution in [1.29, 1.82) is 0 Å². The molecule has 0 aliphatic rings. The summed E-state index contributed by atoms with van der Waals surface area (Å²) in [4.78, 5) is 4.10. The Morgan fingerprint density at radius 1 is 1.16 bits per heavy atom. The zero-order valence-corrected chi connectivity index (χ0v) is 11.5. The van der Waals surface area contributed by atoms with E-state index in [-0.39, 0.29) is 6.04 Å². The maximum atomic E-state index is 6.25. The number of nitrogens with two attached hydrogens (primary N) is 1. The number of ether oxygens (including phenoxy) is 2. The number of nitrogens with zero attached hydrogens (tertiary/aromatic N) is 1. The molecule has 0 aliphatic carbocycles. The minimum atomic E-state index is -0.378. The molecule has 0 saturated carbocycles. The molecule has 0 bridgehead atoms. The van der Waals surface area contributed by atoms with Gasteiger partial charge in [-0.2, -0.15) is 0 Å². The molecule has 1 aromatic heterocycles. The summed E-state index contributed by atoms with van der Waals surface area (Å²) >= 11 is 6.01. The molecule has 0 aliphatic heterocycles. The van der Waals surface area contributed by atoms with Crippen molar-refractivity contribution < 1.29 is 9.47 Å². The zero-order valence-electron chi connectivity index (χ0n) is 10.8. The van der Waals surface area contributed by atoms with Gasteiger partial charge >= 0.3 is 0 Å². The van der Waals surface area contributed by atoms with Crippen LogP contribution in [0.3, 0.4) is 0 Å². The van der Waals surface area contributed by atoms with E-state index >= 15 is 0 Å². The van der Waals surface area contributed by atoms with Crippen LogP contribution in [-0.2, 0) is 0 Å². The summed E-state index contributed by atoms with van der Waals surface area (Å²) in [5.74, 6) is 1.36. The minimum absolute atomic E-state index is 0.378. The van der Waals surface area contributed by atoms with Gasteiger partial charge in [0.15, 0.2) is 0 Å². The van der Waals surface area contributed by atoms with Gasteiger partial charge in [-0.15, -0.1) is 0 Å².